The van der Waals surface area contributed by atoms with Gasteiger partial charge in [-0.05, 0) is 35.2 Å². The lowest BCUT2D eigenvalue weighted by Gasteiger charge is -2.12. The summed E-state index contributed by atoms with van der Waals surface area (Å²) in [6.07, 6.45) is 5.05. The fourth-order valence-electron chi connectivity index (χ4n) is 2.28. The molecule has 1 aromatic carbocycles. The van der Waals surface area contributed by atoms with Gasteiger partial charge in [-0.1, -0.05) is 23.7 Å². The standard InChI is InChI=1S/C15H13Cl2NO/c16-13(8-11-3-5-18-9-14(11)17)10-1-2-15-12(7-10)4-6-19-15/h1-3,5,7,9,13H,4,6,8H2. The number of halogens is 2. The number of nitrogens with zero attached hydrogens (tertiary/aromatic N) is 1. The van der Waals surface area contributed by atoms with Crippen LogP contribution in [0.15, 0.2) is 36.7 Å². The Bertz CT molecular complexity index is 600. The van der Waals surface area contributed by atoms with Crippen LogP contribution in [0, 0.1) is 0 Å². The molecule has 2 aromatic rings. The number of alkyl halides is 1. The van der Waals surface area contributed by atoms with Gasteiger partial charge in [0.05, 0.1) is 17.0 Å². The van der Waals surface area contributed by atoms with Crippen molar-refractivity contribution in [3.05, 3.63) is 58.4 Å². The van der Waals surface area contributed by atoms with Crippen molar-refractivity contribution in [3.63, 3.8) is 0 Å². The van der Waals surface area contributed by atoms with Crippen molar-refractivity contribution in [3.8, 4) is 5.75 Å². The summed E-state index contributed by atoms with van der Waals surface area (Å²) in [6.45, 7) is 0.766. The van der Waals surface area contributed by atoms with Crippen LogP contribution >= 0.6 is 23.2 Å². The first-order valence-electron chi connectivity index (χ1n) is 6.22. The van der Waals surface area contributed by atoms with E-state index in [-0.39, 0.29) is 5.38 Å². The second-order valence-corrected chi connectivity index (χ2v) is 5.54. The van der Waals surface area contributed by atoms with Crippen molar-refractivity contribution < 1.29 is 4.74 Å². The molecule has 1 atom stereocenters. The fourth-order valence-corrected chi connectivity index (χ4v) is 2.78. The third-order valence-electron chi connectivity index (χ3n) is 3.33. The van der Waals surface area contributed by atoms with Gasteiger partial charge in [-0.3, -0.25) is 4.98 Å². The molecule has 0 radical (unpaired) electrons. The van der Waals surface area contributed by atoms with Crippen molar-refractivity contribution in [1.82, 2.24) is 4.98 Å². The summed E-state index contributed by atoms with van der Waals surface area (Å²) in [5, 5.41) is 0.573. The van der Waals surface area contributed by atoms with Crippen molar-refractivity contribution in [2.24, 2.45) is 0 Å². The maximum Gasteiger partial charge on any atom is 0.122 e. The number of aromatic nitrogens is 1. The molecular formula is C15H13Cl2NO. The van der Waals surface area contributed by atoms with Crippen LogP contribution in [0.25, 0.3) is 0 Å². The molecule has 0 bridgehead atoms. The maximum atomic E-state index is 6.49. The second-order valence-electron chi connectivity index (χ2n) is 4.60. The lowest BCUT2D eigenvalue weighted by atomic mass is 10.0. The molecule has 0 N–H and O–H groups in total. The second kappa shape index (κ2) is 5.40. The first-order chi connectivity index (χ1) is 9.24. The normalized spacial score (nSPS) is 14.8. The van der Waals surface area contributed by atoms with Crippen LogP contribution < -0.4 is 4.74 Å². The molecule has 0 spiro atoms. The molecule has 19 heavy (non-hydrogen) atoms. The van der Waals surface area contributed by atoms with Crippen LogP contribution in [0.4, 0.5) is 0 Å². The van der Waals surface area contributed by atoms with E-state index >= 15 is 0 Å². The van der Waals surface area contributed by atoms with Crippen molar-refractivity contribution in [2.45, 2.75) is 18.2 Å². The lowest BCUT2D eigenvalue weighted by Crippen LogP contribution is -1.97. The Hall–Kier alpha value is -1.25. The van der Waals surface area contributed by atoms with Crippen molar-refractivity contribution in [1.29, 1.82) is 0 Å². The Kier molecular flexibility index (Phi) is 3.63. The van der Waals surface area contributed by atoms with Crippen molar-refractivity contribution in [2.75, 3.05) is 6.61 Å². The van der Waals surface area contributed by atoms with E-state index in [1.165, 1.54) is 5.56 Å². The summed E-state index contributed by atoms with van der Waals surface area (Å²) in [6, 6.07) is 8.07. The summed E-state index contributed by atoms with van der Waals surface area (Å²) in [5.74, 6) is 0.981. The zero-order chi connectivity index (χ0) is 13.2. The van der Waals surface area contributed by atoms with Gasteiger partial charge in [0.1, 0.15) is 5.75 Å². The zero-order valence-corrected chi connectivity index (χ0v) is 11.8. The highest BCUT2D eigenvalue weighted by Gasteiger charge is 2.16. The van der Waals surface area contributed by atoms with E-state index in [2.05, 4.69) is 11.1 Å². The summed E-state index contributed by atoms with van der Waals surface area (Å²) >= 11 is 12.6. The van der Waals surface area contributed by atoms with Crippen LogP contribution in [0.1, 0.15) is 22.1 Å². The minimum Gasteiger partial charge on any atom is -0.493 e. The first-order valence-corrected chi connectivity index (χ1v) is 7.03. The highest BCUT2D eigenvalue weighted by molar-refractivity contribution is 6.31. The largest absolute Gasteiger partial charge is 0.493 e. The summed E-state index contributed by atoms with van der Waals surface area (Å²) < 4.78 is 5.50. The lowest BCUT2D eigenvalue weighted by molar-refractivity contribution is 0.357. The summed E-state index contributed by atoms with van der Waals surface area (Å²) in [5.41, 5.74) is 3.37. The van der Waals surface area contributed by atoms with Crippen LogP contribution in [0.3, 0.4) is 0 Å². The number of benzene rings is 1. The minimum absolute atomic E-state index is 0.0919. The number of pyridine rings is 1. The molecule has 4 heteroatoms. The monoisotopic (exact) mass is 293 g/mol. The van der Waals surface area contributed by atoms with Crippen LogP contribution in [-0.2, 0) is 12.8 Å². The highest BCUT2D eigenvalue weighted by atomic mass is 35.5. The third-order valence-corrected chi connectivity index (χ3v) is 4.08. The molecule has 0 aliphatic carbocycles. The SMILES string of the molecule is Clc1cnccc1CC(Cl)c1ccc2c(c1)CCO2. The molecule has 1 aliphatic heterocycles. The number of hydrogen-bond acceptors (Lipinski definition) is 2. The van der Waals surface area contributed by atoms with E-state index in [1.807, 2.05) is 18.2 Å². The van der Waals surface area contributed by atoms with E-state index in [1.54, 1.807) is 12.4 Å². The van der Waals surface area contributed by atoms with Gasteiger partial charge in [0.15, 0.2) is 0 Å². The van der Waals surface area contributed by atoms with Gasteiger partial charge in [0.25, 0.3) is 0 Å². The van der Waals surface area contributed by atoms with Gasteiger partial charge >= 0.3 is 0 Å². The Morgan fingerprint density at radius 3 is 3.05 bits per heavy atom. The average molecular weight is 294 g/mol. The quantitative estimate of drug-likeness (QED) is 0.792. The Balaban J connectivity index is 1.81. The Morgan fingerprint density at radius 2 is 2.21 bits per heavy atom. The molecule has 3 rings (SSSR count). The van der Waals surface area contributed by atoms with Gasteiger partial charge < -0.3 is 4.74 Å². The van der Waals surface area contributed by atoms with E-state index < -0.39 is 0 Å². The molecular weight excluding hydrogens is 281 g/mol. The summed E-state index contributed by atoms with van der Waals surface area (Å²) in [4.78, 5) is 3.98. The van der Waals surface area contributed by atoms with Gasteiger partial charge in [-0.15, -0.1) is 11.6 Å². The predicted octanol–water partition coefficient (Wildman–Crippen LogP) is 4.19. The Labute approximate surface area is 122 Å². The maximum absolute atomic E-state index is 6.49. The van der Waals surface area contributed by atoms with Crippen LogP contribution in [0.5, 0.6) is 5.75 Å². The molecule has 2 nitrogen and oxygen atoms in total. The number of fused-ring (bicyclic) bond motifs is 1. The average Bonchev–Trinajstić information content (AvgIpc) is 2.88. The van der Waals surface area contributed by atoms with E-state index in [0.29, 0.717) is 11.4 Å². The van der Waals surface area contributed by atoms with Crippen LogP contribution in [0.2, 0.25) is 5.02 Å². The Morgan fingerprint density at radius 1 is 1.32 bits per heavy atom. The number of ether oxygens (including phenoxy) is 1. The van der Waals surface area contributed by atoms with Gasteiger partial charge in [-0.25, -0.2) is 0 Å². The van der Waals surface area contributed by atoms with Gasteiger partial charge in [0, 0.05) is 18.8 Å². The van der Waals surface area contributed by atoms with E-state index in [0.717, 1.165) is 29.9 Å². The smallest absolute Gasteiger partial charge is 0.122 e. The number of hydrogen-bond donors (Lipinski definition) is 0. The molecule has 2 heterocycles. The minimum atomic E-state index is -0.0919. The van der Waals surface area contributed by atoms with E-state index in [4.69, 9.17) is 27.9 Å². The molecule has 0 saturated carbocycles. The molecule has 98 valence electrons. The molecule has 1 aliphatic rings. The molecule has 1 aromatic heterocycles. The number of rotatable bonds is 3. The predicted molar refractivity (Wildman–Crippen MR) is 77.2 cm³/mol. The summed E-state index contributed by atoms with van der Waals surface area (Å²) in [7, 11) is 0. The van der Waals surface area contributed by atoms with E-state index in [9.17, 15) is 0 Å². The van der Waals surface area contributed by atoms with Crippen LogP contribution in [-0.4, -0.2) is 11.6 Å². The highest BCUT2D eigenvalue weighted by Crippen LogP contribution is 2.33. The topological polar surface area (TPSA) is 22.1 Å². The molecule has 0 amide bonds. The molecule has 0 saturated heterocycles. The van der Waals surface area contributed by atoms with Gasteiger partial charge in [-0.2, -0.15) is 0 Å². The first kappa shape index (κ1) is 12.8. The zero-order valence-electron chi connectivity index (χ0n) is 10.3. The molecule has 1 unspecified atom stereocenters. The fraction of sp³-hybridized carbons (Fsp3) is 0.267. The van der Waals surface area contributed by atoms with Crippen molar-refractivity contribution >= 4 is 23.2 Å². The third kappa shape index (κ3) is 2.70. The molecule has 0 fully saturated rings. The van der Waals surface area contributed by atoms with Gasteiger partial charge in [0.2, 0.25) is 0 Å².